The van der Waals surface area contributed by atoms with Crippen LogP contribution in [0.5, 0.6) is 0 Å². The van der Waals surface area contributed by atoms with E-state index in [-0.39, 0.29) is 6.04 Å². The zero-order chi connectivity index (χ0) is 20.3. The molecule has 0 aliphatic carbocycles. The number of likely N-dealkylation sites (tertiary alicyclic amines) is 1. The van der Waals surface area contributed by atoms with Gasteiger partial charge < -0.3 is 9.63 Å². The van der Waals surface area contributed by atoms with Crippen LogP contribution in [0.15, 0.2) is 83.5 Å². The topological polar surface area (TPSA) is 75.3 Å². The third-order valence-electron chi connectivity index (χ3n) is 5.44. The summed E-state index contributed by atoms with van der Waals surface area (Å²) in [5.74, 6) is 1.13. The van der Waals surface area contributed by atoms with Gasteiger partial charge in [-0.1, -0.05) is 65.8 Å². The van der Waals surface area contributed by atoms with Gasteiger partial charge in [0.05, 0.1) is 17.8 Å². The average molecular weight is 398 g/mol. The van der Waals surface area contributed by atoms with Crippen LogP contribution < -0.4 is 0 Å². The van der Waals surface area contributed by atoms with Crippen LogP contribution in [-0.4, -0.2) is 37.8 Å². The molecule has 0 radical (unpaired) electrons. The molecule has 6 nitrogen and oxygen atoms in total. The van der Waals surface area contributed by atoms with Crippen molar-refractivity contribution in [1.82, 2.24) is 20.0 Å². The minimum atomic E-state index is -0.408. The molecule has 1 aliphatic rings. The highest BCUT2D eigenvalue weighted by Crippen LogP contribution is 2.33. The number of aromatic nitrogens is 3. The van der Waals surface area contributed by atoms with Crippen molar-refractivity contribution in [2.45, 2.75) is 25.1 Å². The van der Waals surface area contributed by atoms with Crippen LogP contribution in [-0.2, 0) is 6.54 Å². The Bertz CT molecular complexity index is 1100. The van der Waals surface area contributed by atoms with Crippen molar-refractivity contribution in [2.75, 3.05) is 6.54 Å². The van der Waals surface area contributed by atoms with Gasteiger partial charge in [0.25, 0.3) is 0 Å². The number of hydrogen-bond donors (Lipinski definition) is 1. The van der Waals surface area contributed by atoms with E-state index < -0.39 is 6.10 Å². The van der Waals surface area contributed by atoms with Crippen LogP contribution in [0.2, 0.25) is 0 Å². The highest BCUT2D eigenvalue weighted by molar-refractivity contribution is 5.59. The number of benzene rings is 2. The molecule has 2 aromatic carbocycles. The second-order valence-corrected chi connectivity index (χ2v) is 7.57. The van der Waals surface area contributed by atoms with Crippen molar-refractivity contribution in [3.8, 4) is 22.6 Å². The molecule has 2 aromatic heterocycles. The molecular formula is C24H22N4O2. The van der Waals surface area contributed by atoms with Crippen LogP contribution in [0.3, 0.4) is 0 Å². The minimum absolute atomic E-state index is 0.0968. The molecule has 0 spiro atoms. The van der Waals surface area contributed by atoms with Gasteiger partial charge in [-0.25, -0.2) is 0 Å². The maximum atomic E-state index is 10.3. The van der Waals surface area contributed by atoms with Gasteiger partial charge in [0.1, 0.15) is 0 Å². The number of aliphatic hydroxyl groups is 1. The first kappa shape index (κ1) is 18.7. The van der Waals surface area contributed by atoms with Crippen molar-refractivity contribution in [2.24, 2.45) is 0 Å². The molecule has 0 saturated carbocycles. The van der Waals surface area contributed by atoms with Crippen molar-refractivity contribution >= 4 is 0 Å². The summed E-state index contributed by atoms with van der Waals surface area (Å²) in [5, 5.41) is 14.4. The van der Waals surface area contributed by atoms with Crippen molar-refractivity contribution < 1.29 is 9.63 Å². The zero-order valence-electron chi connectivity index (χ0n) is 16.4. The summed E-state index contributed by atoms with van der Waals surface area (Å²) in [7, 11) is 0. The summed E-state index contributed by atoms with van der Waals surface area (Å²) in [6.07, 6.45) is 1.98. The van der Waals surface area contributed by atoms with Crippen LogP contribution in [0.1, 0.15) is 23.9 Å². The van der Waals surface area contributed by atoms with Gasteiger partial charge in [-0.15, -0.1) is 0 Å². The summed E-state index contributed by atoms with van der Waals surface area (Å²) in [6, 6.07) is 24.0. The third-order valence-corrected chi connectivity index (χ3v) is 5.44. The van der Waals surface area contributed by atoms with Gasteiger partial charge in [0.2, 0.25) is 11.7 Å². The first-order chi connectivity index (χ1) is 14.8. The molecule has 4 aromatic rings. The van der Waals surface area contributed by atoms with E-state index in [4.69, 9.17) is 4.52 Å². The molecule has 5 rings (SSSR count). The van der Waals surface area contributed by atoms with Gasteiger partial charge in [-0.05, 0) is 24.1 Å². The molecule has 1 saturated heterocycles. The molecule has 0 bridgehead atoms. The van der Waals surface area contributed by atoms with Crippen LogP contribution in [0, 0.1) is 0 Å². The summed E-state index contributed by atoms with van der Waals surface area (Å²) in [5.41, 5.74) is 4.12. The van der Waals surface area contributed by atoms with Gasteiger partial charge in [-0.3, -0.25) is 9.88 Å². The van der Waals surface area contributed by atoms with Gasteiger partial charge in [0, 0.05) is 30.4 Å². The lowest BCUT2D eigenvalue weighted by molar-refractivity contribution is 0.169. The Morgan fingerprint density at radius 2 is 1.73 bits per heavy atom. The molecule has 1 fully saturated rings. The minimum Gasteiger partial charge on any atom is -0.392 e. The van der Waals surface area contributed by atoms with Crippen LogP contribution in [0.4, 0.5) is 0 Å². The third kappa shape index (κ3) is 3.87. The summed E-state index contributed by atoms with van der Waals surface area (Å²) in [4.78, 5) is 11.2. The molecule has 3 heterocycles. The number of pyridine rings is 1. The number of aliphatic hydroxyl groups excluding tert-OH is 1. The molecule has 1 aliphatic heterocycles. The number of hydrogen-bond acceptors (Lipinski definition) is 6. The lowest BCUT2D eigenvalue weighted by Crippen LogP contribution is -2.24. The molecule has 0 amide bonds. The maximum absolute atomic E-state index is 10.3. The predicted molar refractivity (Wildman–Crippen MR) is 113 cm³/mol. The first-order valence-corrected chi connectivity index (χ1v) is 10.1. The molecule has 150 valence electrons. The number of rotatable bonds is 5. The average Bonchev–Trinajstić information content (AvgIpc) is 3.42. The lowest BCUT2D eigenvalue weighted by Gasteiger charge is -2.21. The van der Waals surface area contributed by atoms with Crippen LogP contribution >= 0.6 is 0 Å². The molecule has 0 unspecified atom stereocenters. The molecule has 6 heteroatoms. The van der Waals surface area contributed by atoms with E-state index in [9.17, 15) is 5.11 Å². The zero-order valence-corrected chi connectivity index (χ0v) is 16.4. The van der Waals surface area contributed by atoms with Crippen LogP contribution in [0.25, 0.3) is 22.6 Å². The molecule has 2 atom stereocenters. The Morgan fingerprint density at radius 3 is 2.50 bits per heavy atom. The predicted octanol–water partition coefficient (Wildman–Crippen LogP) is 4.11. The standard InChI is InChI=1S/C24H22N4O2/c29-20-14-22(24-26-23(27-30-24)19-6-2-1-3-7-19)28(16-20)15-17-9-11-18(12-10-17)21-8-4-5-13-25-21/h1-13,20,22,29H,14-16H2/t20-,22+/m1/s1. The summed E-state index contributed by atoms with van der Waals surface area (Å²) < 4.78 is 5.57. The van der Waals surface area contributed by atoms with E-state index in [1.54, 1.807) is 6.20 Å². The number of nitrogens with zero attached hydrogens (tertiary/aromatic N) is 4. The summed E-state index contributed by atoms with van der Waals surface area (Å²) in [6.45, 7) is 1.28. The Hall–Kier alpha value is -3.35. The first-order valence-electron chi connectivity index (χ1n) is 10.1. The fourth-order valence-electron chi connectivity index (χ4n) is 3.93. The quantitative estimate of drug-likeness (QED) is 0.545. The number of β-amino-alcohol motifs (C(OH)–C–C–N with tert-alkyl or cyclic N) is 1. The smallest absolute Gasteiger partial charge is 0.244 e. The van der Waals surface area contributed by atoms with E-state index in [1.807, 2.05) is 48.5 Å². The largest absolute Gasteiger partial charge is 0.392 e. The second kappa shape index (κ2) is 8.18. The molecule has 1 N–H and O–H groups in total. The Balaban J connectivity index is 1.33. The Kier molecular flexibility index (Phi) is 5.09. The van der Waals surface area contributed by atoms with Crippen molar-refractivity contribution in [3.05, 3.63) is 90.4 Å². The Labute approximate surface area is 174 Å². The monoisotopic (exact) mass is 398 g/mol. The van der Waals surface area contributed by atoms with Crippen molar-refractivity contribution in [1.29, 1.82) is 0 Å². The van der Waals surface area contributed by atoms with E-state index in [0.717, 1.165) is 22.4 Å². The Morgan fingerprint density at radius 1 is 0.933 bits per heavy atom. The molecular weight excluding hydrogens is 376 g/mol. The lowest BCUT2D eigenvalue weighted by atomic mass is 10.1. The SMILES string of the molecule is O[C@@H]1C[C@@H](c2nc(-c3ccccc3)no2)N(Cc2ccc(-c3ccccn3)cc2)C1. The van der Waals surface area contributed by atoms with E-state index in [0.29, 0.717) is 31.2 Å². The van der Waals surface area contributed by atoms with Gasteiger partial charge in [-0.2, -0.15) is 4.98 Å². The van der Waals surface area contributed by atoms with Gasteiger partial charge in [0.15, 0.2) is 0 Å². The van der Waals surface area contributed by atoms with E-state index in [1.165, 1.54) is 0 Å². The van der Waals surface area contributed by atoms with Gasteiger partial charge >= 0.3 is 0 Å². The summed E-state index contributed by atoms with van der Waals surface area (Å²) >= 11 is 0. The molecule has 30 heavy (non-hydrogen) atoms. The normalized spacial score (nSPS) is 19.2. The fraction of sp³-hybridized carbons (Fsp3) is 0.208. The van der Waals surface area contributed by atoms with E-state index in [2.05, 4.69) is 44.3 Å². The fourth-order valence-corrected chi connectivity index (χ4v) is 3.93. The highest BCUT2D eigenvalue weighted by atomic mass is 16.5. The highest BCUT2D eigenvalue weighted by Gasteiger charge is 2.35. The maximum Gasteiger partial charge on any atom is 0.244 e. The van der Waals surface area contributed by atoms with Crippen molar-refractivity contribution in [3.63, 3.8) is 0 Å². The second-order valence-electron chi connectivity index (χ2n) is 7.57. The van der Waals surface area contributed by atoms with E-state index >= 15 is 0 Å².